The van der Waals surface area contributed by atoms with E-state index < -0.39 is 11.9 Å². The van der Waals surface area contributed by atoms with Crippen molar-refractivity contribution < 1.29 is 38.0 Å². The molecule has 1 amide bonds. The average molecular weight is 495 g/mol. The van der Waals surface area contributed by atoms with Crippen LogP contribution in [0.4, 0.5) is 0 Å². The van der Waals surface area contributed by atoms with E-state index in [1.54, 1.807) is 55.6 Å². The van der Waals surface area contributed by atoms with E-state index in [4.69, 9.17) is 28.4 Å². The highest BCUT2D eigenvalue weighted by atomic mass is 16.5. The molecule has 0 saturated carbocycles. The minimum Gasteiger partial charge on any atom is -0.497 e. The van der Waals surface area contributed by atoms with Gasteiger partial charge in [-0.05, 0) is 66.2 Å². The van der Waals surface area contributed by atoms with Gasteiger partial charge < -0.3 is 28.4 Å². The van der Waals surface area contributed by atoms with Crippen molar-refractivity contribution in [3.8, 4) is 34.5 Å². The fourth-order valence-electron chi connectivity index (χ4n) is 3.02. The molecule has 0 aromatic heterocycles. The Bertz CT molecular complexity index is 1180. The van der Waals surface area contributed by atoms with Crippen molar-refractivity contribution in [2.24, 2.45) is 5.10 Å². The van der Waals surface area contributed by atoms with Gasteiger partial charge in [0.2, 0.25) is 5.75 Å². The zero-order chi connectivity index (χ0) is 25.9. The molecule has 0 aliphatic rings. The number of hydrazone groups is 1. The van der Waals surface area contributed by atoms with Gasteiger partial charge in [0.1, 0.15) is 17.2 Å². The van der Waals surface area contributed by atoms with Crippen LogP contribution < -0.4 is 33.8 Å². The summed E-state index contributed by atoms with van der Waals surface area (Å²) in [5, 5.41) is 3.90. The van der Waals surface area contributed by atoms with E-state index in [0.717, 1.165) is 0 Å². The average Bonchev–Trinajstić information content (AvgIpc) is 2.92. The first-order valence-corrected chi connectivity index (χ1v) is 10.7. The molecule has 0 radical (unpaired) electrons. The Morgan fingerprint density at radius 1 is 0.778 bits per heavy atom. The molecule has 0 aliphatic heterocycles. The second-order valence-electron chi connectivity index (χ2n) is 7.13. The van der Waals surface area contributed by atoms with Crippen LogP contribution in [0.25, 0.3) is 0 Å². The van der Waals surface area contributed by atoms with Crippen LogP contribution in [0.5, 0.6) is 34.5 Å². The minimum atomic E-state index is -0.597. The Balaban J connectivity index is 1.52. The maximum absolute atomic E-state index is 12.6. The van der Waals surface area contributed by atoms with Gasteiger partial charge in [-0.3, -0.25) is 4.79 Å². The van der Waals surface area contributed by atoms with Crippen LogP contribution >= 0.6 is 0 Å². The number of amides is 1. The Morgan fingerprint density at radius 3 is 1.92 bits per heavy atom. The van der Waals surface area contributed by atoms with E-state index >= 15 is 0 Å². The molecule has 3 aromatic rings. The summed E-state index contributed by atoms with van der Waals surface area (Å²) >= 11 is 0. The van der Waals surface area contributed by atoms with Gasteiger partial charge in [0.25, 0.3) is 5.91 Å². The number of carbonyl (C=O) groups excluding carboxylic acids is 2. The van der Waals surface area contributed by atoms with Crippen LogP contribution in [-0.4, -0.2) is 53.1 Å². The van der Waals surface area contributed by atoms with E-state index in [9.17, 15) is 9.59 Å². The van der Waals surface area contributed by atoms with Crippen LogP contribution in [0.1, 0.15) is 15.9 Å². The lowest BCUT2D eigenvalue weighted by Crippen LogP contribution is -2.24. The molecule has 0 atom stereocenters. The molecular formula is C26H26N2O8. The fourth-order valence-corrected chi connectivity index (χ4v) is 3.02. The summed E-state index contributed by atoms with van der Waals surface area (Å²) < 4.78 is 31.7. The highest BCUT2D eigenvalue weighted by Gasteiger charge is 2.18. The summed E-state index contributed by atoms with van der Waals surface area (Å²) in [6.07, 6.45) is 1.45. The lowest BCUT2D eigenvalue weighted by Gasteiger charge is -2.13. The van der Waals surface area contributed by atoms with E-state index in [1.165, 1.54) is 39.7 Å². The molecule has 10 heteroatoms. The summed E-state index contributed by atoms with van der Waals surface area (Å²) in [6, 6.07) is 16.4. The molecule has 36 heavy (non-hydrogen) atoms. The monoisotopic (exact) mass is 494 g/mol. The molecule has 0 unspecified atom stereocenters. The van der Waals surface area contributed by atoms with Crippen LogP contribution in [-0.2, 0) is 4.79 Å². The fraction of sp³-hybridized carbons (Fsp3) is 0.192. The maximum Gasteiger partial charge on any atom is 0.343 e. The molecule has 3 aromatic carbocycles. The van der Waals surface area contributed by atoms with Crippen molar-refractivity contribution in [2.45, 2.75) is 0 Å². The van der Waals surface area contributed by atoms with E-state index in [2.05, 4.69) is 10.5 Å². The number of rotatable bonds is 11. The SMILES string of the molecule is COc1ccc(OCC(=O)N/N=C\c2ccc(OC(=O)c3cc(OC)c(OC)c(OC)c3)cc2)cc1. The predicted molar refractivity (Wildman–Crippen MR) is 132 cm³/mol. The van der Waals surface area contributed by atoms with Crippen molar-refractivity contribution in [1.29, 1.82) is 0 Å². The van der Waals surface area contributed by atoms with Crippen molar-refractivity contribution in [3.63, 3.8) is 0 Å². The summed E-state index contributed by atoms with van der Waals surface area (Å²) in [7, 11) is 5.97. The van der Waals surface area contributed by atoms with Crippen LogP contribution in [0.3, 0.4) is 0 Å². The number of ether oxygens (including phenoxy) is 6. The molecule has 0 bridgehead atoms. The van der Waals surface area contributed by atoms with E-state index in [-0.39, 0.29) is 12.2 Å². The predicted octanol–water partition coefficient (Wildman–Crippen LogP) is 3.47. The van der Waals surface area contributed by atoms with Crippen LogP contribution in [0.15, 0.2) is 65.8 Å². The summed E-state index contributed by atoms with van der Waals surface area (Å²) in [6.45, 7) is -0.195. The third-order valence-electron chi connectivity index (χ3n) is 4.82. The smallest absolute Gasteiger partial charge is 0.343 e. The molecule has 10 nitrogen and oxygen atoms in total. The third-order valence-corrected chi connectivity index (χ3v) is 4.82. The normalized spacial score (nSPS) is 10.4. The Labute approximate surface area is 208 Å². The number of methoxy groups -OCH3 is 4. The van der Waals surface area contributed by atoms with Gasteiger partial charge in [0, 0.05) is 0 Å². The highest BCUT2D eigenvalue weighted by Crippen LogP contribution is 2.38. The first kappa shape index (κ1) is 25.9. The lowest BCUT2D eigenvalue weighted by atomic mass is 10.2. The van der Waals surface area contributed by atoms with Crippen LogP contribution in [0.2, 0.25) is 0 Å². The van der Waals surface area contributed by atoms with E-state index in [0.29, 0.717) is 40.1 Å². The molecule has 188 valence electrons. The molecule has 0 heterocycles. The standard InChI is InChI=1S/C26H26N2O8/c1-31-19-9-11-20(12-10-19)35-16-24(29)28-27-15-17-5-7-21(8-6-17)36-26(30)18-13-22(32-2)25(34-4)23(14-18)33-3/h5-15H,16H2,1-4H3,(H,28,29)/b27-15-. The molecule has 1 N–H and O–H groups in total. The number of esters is 1. The van der Waals surface area contributed by atoms with Gasteiger partial charge in [-0.2, -0.15) is 5.10 Å². The molecule has 0 saturated heterocycles. The Hall–Kier alpha value is -4.73. The third kappa shape index (κ3) is 6.89. The number of carbonyl (C=O) groups is 2. The summed E-state index contributed by atoms with van der Waals surface area (Å²) in [5.41, 5.74) is 3.30. The second kappa shape index (κ2) is 12.7. The van der Waals surface area contributed by atoms with Gasteiger partial charge in [-0.25, -0.2) is 10.2 Å². The number of nitrogens with one attached hydrogen (secondary N) is 1. The second-order valence-corrected chi connectivity index (χ2v) is 7.13. The molecule has 0 spiro atoms. The van der Waals surface area contributed by atoms with Gasteiger partial charge in [0.15, 0.2) is 18.1 Å². The first-order valence-electron chi connectivity index (χ1n) is 10.7. The summed E-state index contributed by atoms with van der Waals surface area (Å²) in [4.78, 5) is 24.5. The largest absolute Gasteiger partial charge is 0.497 e. The topological polar surface area (TPSA) is 114 Å². The Kier molecular flexibility index (Phi) is 9.10. The number of hydrogen-bond acceptors (Lipinski definition) is 9. The zero-order valence-corrected chi connectivity index (χ0v) is 20.3. The van der Waals surface area contributed by atoms with Crippen molar-refractivity contribution >= 4 is 18.1 Å². The quantitative estimate of drug-likeness (QED) is 0.187. The maximum atomic E-state index is 12.6. The molecule has 0 fully saturated rings. The van der Waals surface area contributed by atoms with Gasteiger partial charge in [-0.1, -0.05) is 0 Å². The number of benzene rings is 3. The summed E-state index contributed by atoms with van der Waals surface area (Å²) in [5.74, 6) is 1.59. The van der Waals surface area contributed by atoms with Crippen LogP contribution in [0, 0.1) is 0 Å². The van der Waals surface area contributed by atoms with Crippen molar-refractivity contribution in [1.82, 2.24) is 5.43 Å². The van der Waals surface area contributed by atoms with Crippen molar-refractivity contribution in [3.05, 3.63) is 71.8 Å². The highest BCUT2D eigenvalue weighted by molar-refractivity contribution is 5.93. The van der Waals surface area contributed by atoms with Gasteiger partial charge >= 0.3 is 5.97 Å². The van der Waals surface area contributed by atoms with Crippen molar-refractivity contribution in [2.75, 3.05) is 35.0 Å². The molecular weight excluding hydrogens is 468 g/mol. The molecule has 3 rings (SSSR count). The van der Waals surface area contributed by atoms with Gasteiger partial charge in [0.05, 0.1) is 40.2 Å². The Morgan fingerprint density at radius 2 is 1.36 bits per heavy atom. The minimum absolute atomic E-state index is 0.195. The molecule has 0 aliphatic carbocycles. The van der Waals surface area contributed by atoms with E-state index in [1.807, 2.05) is 0 Å². The first-order chi connectivity index (χ1) is 17.5. The number of hydrogen-bond donors (Lipinski definition) is 1. The number of nitrogens with zero attached hydrogens (tertiary/aromatic N) is 1. The lowest BCUT2D eigenvalue weighted by molar-refractivity contribution is -0.123. The van der Waals surface area contributed by atoms with Gasteiger partial charge in [-0.15, -0.1) is 0 Å². The zero-order valence-electron chi connectivity index (χ0n) is 20.3.